The van der Waals surface area contributed by atoms with E-state index >= 15 is 0 Å². The molecule has 0 aliphatic carbocycles. The van der Waals surface area contributed by atoms with Crippen molar-refractivity contribution in [2.24, 2.45) is 0 Å². The van der Waals surface area contributed by atoms with Gasteiger partial charge in [-0.2, -0.15) is 14.6 Å². The first kappa shape index (κ1) is 28.6. The van der Waals surface area contributed by atoms with Crippen LogP contribution in [0.4, 0.5) is 20.4 Å². The average Bonchev–Trinajstić information content (AvgIpc) is 3.75. The molecule has 1 saturated heterocycles. The lowest BCUT2D eigenvalue weighted by Gasteiger charge is -2.36. The Morgan fingerprint density at radius 1 is 1.05 bits per heavy atom. The average molecular weight is 593 g/mol. The van der Waals surface area contributed by atoms with Crippen molar-refractivity contribution in [1.82, 2.24) is 38.8 Å². The molecule has 1 aliphatic rings. The normalized spacial score (nSPS) is 14.4. The van der Waals surface area contributed by atoms with E-state index in [4.69, 9.17) is 10.2 Å². The second-order valence-corrected chi connectivity index (χ2v) is 11.0. The Balaban J connectivity index is 1.11. The molecule has 14 heteroatoms. The number of imidazole rings is 1. The maximum absolute atomic E-state index is 14.9. The number of likely N-dealkylation sites (N-methyl/N-ethyl adjacent to an activating group) is 2. The number of fused-ring (bicyclic) bond motifs is 3. The third-order valence-corrected chi connectivity index (χ3v) is 7.84. The summed E-state index contributed by atoms with van der Waals surface area (Å²) < 4.78 is 38.5. The van der Waals surface area contributed by atoms with Gasteiger partial charge in [-0.25, -0.2) is 13.8 Å². The van der Waals surface area contributed by atoms with Crippen LogP contribution in [0.2, 0.25) is 0 Å². The molecule has 12 nitrogen and oxygen atoms in total. The van der Waals surface area contributed by atoms with Crippen molar-refractivity contribution in [3.8, 4) is 11.5 Å². The Labute approximate surface area is 246 Å². The van der Waals surface area contributed by atoms with Gasteiger partial charge in [-0.1, -0.05) is 0 Å². The first-order valence-electron chi connectivity index (χ1n) is 14.1. The highest BCUT2D eigenvalue weighted by molar-refractivity contribution is 5.95. The van der Waals surface area contributed by atoms with Crippen molar-refractivity contribution < 1.29 is 18.0 Å². The zero-order valence-corrected chi connectivity index (χ0v) is 24.4. The van der Waals surface area contributed by atoms with Crippen molar-refractivity contribution in [2.45, 2.75) is 6.54 Å². The van der Waals surface area contributed by atoms with E-state index in [0.717, 1.165) is 18.1 Å². The van der Waals surface area contributed by atoms with Crippen molar-refractivity contribution in [3.05, 3.63) is 60.1 Å². The number of benzene rings is 1. The van der Waals surface area contributed by atoms with Gasteiger partial charge in [-0.15, -0.1) is 0 Å². The number of nitrogen functional groups attached to an aromatic ring is 1. The minimum Gasteiger partial charge on any atom is -0.463 e. The van der Waals surface area contributed by atoms with E-state index in [1.165, 1.54) is 11.0 Å². The molecule has 0 saturated carbocycles. The van der Waals surface area contributed by atoms with Gasteiger partial charge in [0.15, 0.2) is 11.4 Å². The molecule has 4 aromatic heterocycles. The molecule has 5 heterocycles. The van der Waals surface area contributed by atoms with Gasteiger partial charge >= 0.3 is 0 Å². The second-order valence-electron chi connectivity index (χ2n) is 11.0. The predicted octanol–water partition coefficient (Wildman–Crippen LogP) is 2.66. The summed E-state index contributed by atoms with van der Waals surface area (Å²) in [4.78, 5) is 29.6. The maximum Gasteiger partial charge on any atom is 0.256 e. The summed E-state index contributed by atoms with van der Waals surface area (Å²) in [7, 11) is 5.42. The number of hydrogen-bond donors (Lipinski definition) is 1. The minimum atomic E-state index is -0.853. The molecule has 0 bridgehead atoms. The number of furan rings is 1. The number of carbonyl (C=O) groups is 1. The fourth-order valence-corrected chi connectivity index (χ4v) is 5.32. The number of aromatic nitrogens is 5. The van der Waals surface area contributed by atoms with E-state index in [1.54, 1.807) is 30.2 Å². The Hall–Kier alpha value is -4.56. The Kier molecular flexibility index (Phi) is 7.71. The number of nitrogens with two attached hydrogens (primary N) is 1. The topological polar surface area (TPSA) is 117 Å². The van der Waals surface area contributed by atoms with Crippen LogP contribution in [-0.2, 0) is 6.54 Å². The molecule has 0 atom stereocenters. The third-order valence-electron chi connectivity index (χ3n) is 7.84. The summed E-state index contributed by atoms with van der Waals surface area (Å²) in [6.07, 6.45) is 3.34. The standard InChI is InChI=1S/C29H34F2N10O2/c1-36(2)6-7-37(3)28(42)19-15-23(21(31)16-20(19)30)39-11-8-38(9-12-39)10-13-40-18-33-26-24-17-22(25-5-4-14-43-25)35-41(24)29(32)34-27(26)40/h4-5,14-18H,6-13H2,1-3H3,(H2,32,34). The van der Waals surface area contributed by atoms with Crippen LogP contribution in [0.1, 0.15) is 10.4 Å². The van der Waals surface area contributed by atoms with Gasteiger partial charge in [0.25, 0.3) is 5.91 Å². The fraction of sp³-hybridized carbons (Fsp3) is 0.379. The zero-order chi connectivity index (χ0) is 30.2. The van der Waals surface area contributed by atoms with Gasteiger partial charge < -0.3 is 29.4 Å². The molecular weight excluding hydrogens is 558 g/mol. The minimum absolute atomic E-state index is 0.123. The highest BCUT2D eigenvalue weighted by Gasteiger charge is 2.25. The van der Waals surface area contributed by atoms with Crippen molar-refractivity contribution >= 4 is 34.2 Å². The van der Waals surface area contributed by atoms with Gasteiger partial charge in [0, 0.05) is 65.5 Å². The first-order chi connectivity index (χ1) is 20.7. The van der Waals surface area contributed by atoms with E-state index in [-0.39, 0.29) is 17.2 Å². The second kappa shape index (κ2) is 11.6. The lowest BCUT2D eigenvalue weighted by Crippen LogP contribution is -2.47. The Bertz CT molecular complexity index is 1760. The zero-order valence-electron chi connectivity index (χ0n) is 24.4. The Morgan fingerprint density at radius 3 is 2.56 bits per heavy atom. The molecule has 0 radical (unpaired) electrons. The lowest BCUT2D eigenvalue weighted by molar-refractivity contribution is 0.0781. The third kappa shape index (κ3) is 5.62. The van der Waals surface area contributed by atoms with Crippen LogP contribution in [0.5, 0.6) is 0 Å². The van der Waals surface area contributed by atoms with E-state index in [0.29, 0.717) is 68.4 Å². The molecule has 226 valence electrons. The highest BCUT2D eigenvalue weighted by atomic mass is 19.1. The number of amides is 1. The molecule has 6 rings (SSSR count). The quantitative estimate of drug-likeness (QED) is 0.276. The molecule has 1 aliphatic heterocycles. The van der Waals surface area contributed by atoms with E-state index in [1.807, 2.05) is 40.6 Å². The van der Waals surface area contributed by atoms with Gasteiger partial charge in [0.1, 0.15) is 28.4 Å². The summed E-state index contributed by atoms with van der Waals surface area (Å²) in [5.74, 6) is -1.11. The van der Waals surface area contributed by atoms with Gasteiger partial charge in [-0.05, 0) is 38.4 Å². The van der Waals surface area contributed by atoms with E-state index in [9.17, 15) is 13.6 Å². The van der Waals surface area contributed by atoms with Crippen LogP contribution >= 0.6 is 0 Å². The molecule has 2 N–H and O–H groups in total. The Morgan fingerprint density at radius 2 is 1.84 bits per heavy atom. The van der Waals surface area contributed by atoms with Gasteiger partial charge in [0.2, 0.25) is 5.95 Å². The van der Waals surface area contributed by atoms with Gasteiger partial charge in [-0.3, -0.25) is 9.69 Å². The summed E-state index contributed by atoms with van der Waals surface area (Å²) in [5.41, 5.74) is 9.09. The SMILES string of the molecule is CN(C)CCN(C)C(=O)c1cc(N2CCN(CCn3cnc4c3nc(N)n3nc(-c5ccco5)cc43)CC2)c(F)cc1F. The predicted molar refractivity (Wildman–Crippen MR) is 159 cm³/mol. The number of nitrogens with zero attached hydrogens (tertiary/aromatic N) is 9. The molecule has 1 aromatic carbocycles. The molecule has 1 fully saturated rings. The molecular formula is C29H34F2N10O2. The molecule has 5 aromatic rings. The smallest absolute Gasteiger partial charge is 0.256 e. The van der Waals surface area contributed by atoms with E-state index < -0.39 is 17.5 Å². The number of piperazine rings is 1. The lowest BCUT2D eigenvalue weighted by atomic mass is 10.1. The summed E-state index contributed by atoms with van der Waals surface area (Å²) in [6, 6.07) is 7.66. The number of halogens is 2. The number of anilines is 2. The molecule has 1 amide bonds. The largest absolute Gasteiger partial charge is 0.463 e. The van der Waals surface area contributed by atoms with Gasteiger partial charge in [0.05, 0.1) is 23.8 Å². The molecule has 0 spiro atoms. The fourth-order valence-electron chi connectivity index (χ4n) is 5.32. The van der Waals surface area contributed by atoms with Crippen LogP contribution in [0.15, 0.2) is 47.3 Å². The van der Waals surface area contributed by atoms with Crippen LogP contribution < -0.4 is 10.6 Å². The first-order valence-corrected chi connectivity index (χ1v) is 14.1. The van der Waals surface area contributed by atoms with Crippen LogP contribution in [0.3, 0.4) is 0 Å². The summed E-state index contributed by atoms with van der Waals surface area (Å²) in [5, 5.41) is 4.52. The highest BCUT2D eigenvalue weighted by Crippen LogP contribution is 2.27. The van der Waals surface area contributed by atoms with Crippen LogP contribution in [-0.4, -0.2) is 112 Å². The van der Waals surface area contributed by atoms with Crippen molar-refractivity contribution in [2.75, 3.05) is 77.6 Å². The molecule has 43 heavy (non-hydrogen) atoms. The number of carbonyl (C=O) groups excluding carboxylic acids is 1. The van der Waals surface area contributed by atoms with E-state index in [2.05, 4.69) is 20.0 Å². The van der Waals surface area contributed by atoms with Crippen molar-refractivity contribution in [1.29, 1.82) is 0 Å². The maximum atomic E-state index is 14.9. The summed E-state index contributed by atoms with van der Waals surface area (Å²) in [6.45, 7) is 4.83. The number of hydrogen-bond acceptors (Lipinski definition) is 9. The van der Waals surface area contributed by atoms with Crippen LogP contribution in [0, 0.1) is 11.6 Å². The molecule has 0 unspecified atom stereocenters. The monoisotopic (exact) mass is 592 g/mol. The van der Waals surface area contributed by atoms with Crippen molar-refractivity contribution in [3.63, 3.8) is 0 Å². The number of rotatable bonds is 9. The van der Waals surface area contributed by atoms with Crippen LogP contribution in [0.25, 0.3) is 28.1 Å². The summed E-state index contributed by atoms with van der Waals surface area (Å²) >= 11 is 0.